The molecule has 0 aliphatic carbocycles. The third-order valence-electron chi connectivity index (χ3n) is 3.51. The molecule has 0 aliphatic heterocycles. The summed E-state index contributed by atoms with van der Waals surface area (Å²) in [7, 11) is 1.44. The van der Waals surface area contributed by atoms with Gasteiger partial charge in [-0.25, -0.2) is 9.97 Å². The van der Waals surface area contributed by atoms with Crippen molar-refractivity contribution in [3.63, 3.8) is 0 Å². The van der Waals surface area contributed by atoms with Gasteiger partial charge in [0.05, 0.1) is 19.5 Å². The van der Waals surface area contributed by atoms with Crippen molar-refractivity contribution in [3.8, 4) is 5.88 Å². The van der Waals surface area contributed by atoms with Crippen LogP contribution in [0.1, 0.15) is 21.7 Å². The van der Waals surface area contributed by atoms with Crippen molar-refractivity contribution in [3.05, 3.63) is 53.6 Å². The second-order valence-electron chi connectivity index (χ2n) is 5.23. The second kappa shape index (κ2) is 6.42. The molecule has 0 saturated carbocycles. The van der Waals surface area contributed by atoms with Crippen LogP contribution in [0.2, 0.25) is 0 Å². The number of ether oxygens (including phenoxy) is 1. The van der Waals surface area contributed by atoms with Crippen LogP contribution in [-0.2, 0) is 12.7 Å². The Balaban J connectivity index is 1.71. The molecule has 3 rings (SSSR count). The van der Waals surface area contributed by atoms with Gasteiger partial charge in [0, 0.05) is 17.4 Å². The predicted octanol–water partition coefficient (Wildman–Crippen LogP) is 2.92. The van der Waals surface area contributed by atoms with Gasteiger partial charge in [-0.2, -0.15) is 13.2 Å². The summed E-state index contributed by atoms with van der Waals surface area (Å²) in [6.45, 7) is 0.148. The monoisotopic (exact) mass is 350 g/mol. The number of hydrogen-bond acceptors (Lipinski definition) is 4. The molecule has 0 aliphatic rings. The standard InChI is InChI=1S/C16H13F3N4O2/c1-25-14-8-20-12(7-21-14)15(24)22-6-9-2-3-11-10(4-9)5-13(23-11)16(17,18)19/h2-5,7-8,23H,6H2,1H3,(H,22,24). The summed E-state index contributed by atoms with van der Waals surface area (Å²) in [6, 6.07) is 5.80. The van der Waals surface area contributed by atoms with Gasteiger partial charge in [-0.1, -0.05) is 6.07 Å². The number of alkyl halides is 3. The summed E-state index contributed by atoms with van der Waals surface area (Å²) in [5.74, 6) is -0.157. The number of nitrogens with zero attached hydrogens (tertiary/aromatic N) is 2. The van der Waals surface area contributed by atoms with Gasteiger partial charge in [0.15, 0.2) is 0 Å². The molecule has 6 nitrogen and oxygen atoms in total. The maximum atomic E-state index is 12.7. The fourth-order valence-electron chi connectivity index (χ4n) is 2.26. The number of nitrogens with one attached hydrogen (secondary N) is 2. The molecule has 0 saturated heterocycles. The van der Waals surface area contributed by atoms with Crippen molar-refractivity contribution in [1.29, 1.82) is 0 Å². The summed E-state index contributed by atoms with van der Waals surface area (Å²) in [5, 5.41) is 3.06. The van der Waals surface area contributed by atoms with Gasteiger partial charge in [-0.05, 0) is 23.8 Å². The molecule has 0 atom stereocenters. The molecular weight excluding hydrogens is 337 g/mol. The normalized spacial score (nSPS) is 11.5. The summed E-state index contributed by atoms with van der Waals surface area (Å²) < 4.78 is 43.0. The number of amides is 1. The smallest absolute Gasteiger partial charge is 0.431 e. The minimum absolute atomic E-state index is 0.114. The Hall–Kier alpha value is -3.10. The Morgan fingerprint density at radius 2 is 2.04 bits per heavy atom. The third kappa shape index (κ3) is 3.70. The van der Waals surface area contributed by atoms with E-state index in [1.165, 1.54) is 19.5 Å². The number of halogens is 3. The van der Waals surface area contributed by atoms with Crippen LogP contribution in [0.4, 0.5) is 13.2 Å². The van der Waals surface area contributed by atoms with Crippen LogP contribution < -0.4 is 10.1 Å². The molecule has 0 fully saturated rings. The lowest BCUT2D eigenvalue weighted by molar-refractivity contribution is -0.140. The first-order valence-electron chi connectivity index (χ1n) is 7.20. The largest absolute Gasteiger partial charge is 0.480 e. The first-order chi connectivity index (χ1) is 11.9. The van der Waals surface area contributed by atoms with E-state index in [-0.39, 0.29) is 18.1 Å². The number of aromatic amines is 1. The second-order valence-corrected chi connectivity index (χ2v) is 5.23. The fourth-order valence-corrected chi connectivity index (χ4v) is 2.26. The summed E-state index contributed by atoms with van der Waals surface area (Å²) in [6.07, 6.45) is -1.83. The predicted molar refractivity (Wildman–Crippen MR) is 83.1 cm³/mol. The van der Waals surface area contributed by atoms with Crippen LogP contribution in [0, 0.1) is 0 Å². The van der Waals surface area contributed by atoms with E-state index in [1.807, 2.05) is 0 Å². The topological polar surface area (TPSA) is 79.9 Å². The highest BCUT2D eigenvalue weighted by atomic mass is 19.4. The molecule has 2 heterocycles. The zero-order valence-corrected chi connectivity index (χ0v) is 13.0. The van der Waals surface area contributed by atoms with Crippen molar-refractivity contribution >= 4 is 16.8 Å². The number of benzene rings is 1. The molecule has 130 valence electrons. The fraction of sp³-hybridized carbons (Fsp3) is 0.188. The average Bonchev–Trinajstić information content (AvgIpc) is 3.03. The Bertz CT molecular complexity index is 904. The minimum Gasteiger partial charge on any atom is -0.480 e. The SMILES string of the molecule is COc1cnc(C(=O)NCc2ccc3[nH]c(C(F)(F)F)cc3c2)cn1. The number of methoxy groups -OCH3 is 1. The van der Waals surface area contributed by atoms with Crippen molar-refractivity contribution in [1.82, 2.24) is 20.3 Å². The van der Waals surface area contributed by atoms with Crippen LogP contribution in [0.3, 0.4) is 0 Å². The number of fused-ring (bicyclic) bond motifs is 1. The lowest BCUT2D eigenvalue weighted by atomic mass is 10.1. The maximum Gasteiger partial charge on any atom is 0.431 e. The van der Waals surface area contributed by atoms with Crippen molar-refractivity contribution < 1.29 is 22.7 Å². The van der Waals surface area contributed by atoms with Crippen LogP contribution >= 0.6 is 0 Å². The third-order valence-corrected chi connectivity index (χ3v) is 3.51. The zero-order chi connectivity index (χ0) is 18.0. The molecule has 0 unspecified atom stereocenters. The van der Waals surface area contributed by atoms with E-state index in [0.29, 0.717) is 16.5 Å². The first-order valence-corrected chi connectivity index (χ1v) is 7.20. The molecule has 0 radical (unpaired) electrons. The molecule has 3 aromatic rings. The maximum absolute atomic E-state index is 12.7. The van der Waals surface area contributed by atoms with Crippen LogP contribution in [-0.4, -0.2) is 28.0 Å². The summed E-state index contributed by atoms with van der Waals surface area (Å²) >= 11 is 0. The molecule has 2 N–H and O–H groups in total. The van der Waals surface area contributed by atoms with Crippen LogP contribution in [0.5, 0.6) is 5.88 Å². The van der Waals surface area contributed by atoms with Gasteiger partial charge >= 0.3 is 6.18 Å². The van der Waals surface area contributed by atoms with Crippen LogP contribution in [0.25, 0.3) is 10.9 Å². The number of hydrogen-bond donors (Lipinski definition) is 2. The summed E-state index contributed by atoms with van der Waals surface area (Å²) in [5.41, 5.74) is 0.346. The number of H-pyrrole nitrogens is 1. The number of rotatable bonds is 4. The zero-order valence-electron chi connectivity index (χ0n) is 13.0. The molecule has 0 spiro atoms. The molecule has 0 bridgehead atoms. The van der Waals surface area contributed by atoms with E-state index >= 15 is 0 Å². The highest BCUT2D eigenvalue weighted by Crippen LogP contribution is 2.31. The molecular formula is C16H13F3N4O2. The highest BCUT2D eigenvalue weighted by molar-refractivity contribution is 5.92. The van der Waals surface area contributed by atoms with Gasteiger partial charge in [-0.15, -0.1) is 0 Å². The van der Waals surface area contributed by atoms with E-state index in [4.69, 9.17) is 4.74 Å². The van der Waals surface area contributed by atoms with E-state index < -0.39 is 17.8 Å². The molecule has 1 amide bonds. The summed E-state index contributed by atoms with van der Waals surface area (Å²) in [4.78, 5) is 22.1. The average molecular weight is 350 g/mol. The molecule has 9 heteroatoms. The van der Waals surface area contributed by atoms with Gasteiger partial charge in [0.25, 0.3) is 5.91 Å². The van der Waals surface area contributed by atoms with Crippen molar-refractivity contribution in [2.75, 3.05) is 7.11 Å². The van der Waals surface area contributed by atoms with Gasteiger partial charge in [-0.3, -0.25) is 4.79 Å². The quantitative estimate of drug-likeness (QED) is 0.758. The molecule has 25 heavy (non-hydrogen) atoms. The van der Waals surface area contributed by atoms with Crippen molar-refractivity contribution in [2.24, 2.45) is 0 Å². The highest BCUT2D eigenvalue weighted by Gasteiger charge is 2.32. The van der Waals surface area contributed by atoms with Gasteiger partial charge in [0.1, 0.15) is 11.4 Å². The Morgan fingerprint density at radius 1 is 1.24 bits per heavy atom. The van der Waals surface area contributed by atoms with Gasteiger partial charge < -0.3 is 15.0 Å². The molecule has 2 aromatic heterocycles. The van der Waals surface area contributed by atoms with Crippen LogP contribution in [0.15, 0.2) is 36.7 Å². The number of aromatic nitrogens is 3. The lowest BCUT2D eigenvalue weighted by Crippen LogP contribution is -2.23. The van der Waals surface area contributed by atoms with Crippen molar-refractivity contribution in [2.45, 2.75) is 12.7 Å². The van der Waals surface area contributed by atoms with E-state index in [2.05, 4.69) is 20.3 Å². The Morgan fingerprint density at radius 3 is 2.68 bits per heavy atom. The van der Waals surface area contributed by atoms with Gasteiger partial charge in [0.2, 0.25) is 5.88 Å². The van der Waals surface area contributed by atoms with E-state index in [9.17, 15) is 18.0 Å². The Labute approximate surface area is 140 Å². The first kappa shape index (κ1) is 16.7. The number of carbonyl (C=O) groups excluding carboxylic acids is 1. The Kier molecular flexibility index (Phi) is 4.30. The van der Waals surface area contributed by atoms with E-state index in [0.717, 1.165) is 6.07 Å². The minimum atomic E-state index is -4.43. The molecule has 1 aromatic carbocycles. The van der Waals surface area contributed by atoms with E-state index in [1.54, 1.807) is 18.2 Å². The number of carbonyl (C=O) groups is 1. The lowest BCUT2D eigenvalue weighted by Gasteiger charge is -2.05.